The molecule has 0 spiro atoms. The summed E-state index contributed by atoms with van der Waals surface area (Å²) in [5.41, 5.74) is 0.874. The molecule has 0 saturated carbocycles. The van der Waals surface area contributed by atoms with Crippen LogP contribution in [0.5, 0.6) is 0 Å². The Hall–Kier alpha value is -1.03. The largest absolute Gasteiger partial charge is 0.276 e. The second kappa shape index (κ2) is 2.98. The molecule has 0 fully saturated rings. The molecule has 4 heteroatoms. The van der Waals surface area contributed by atoms with E-state index in [1.807, 2.05) is 18.2 Å². The topological polar surface area (TPSA) is 37.4 Å². The zero-order valence-corrected chi connectivity index (χ0v) is 10.0. The lowest BCUT2D eigenvalue weighted by atomic mass is 9.83. The Kier molecular flexibility index (Phi) is 2.08. The van der Waals surface area contributed by atoms with Crippen LogP contribution in [0, 0.1) is 5.41 Å². The zero-order valence-electron chi connectivity index (χ0n) is 9.19. The van der Waals surface area contributed by atoms with Gasteiger partial charge in [-0.05, 0) is 23.5 Å². The molecule has 0 aromatic rings. The monoisotopic (exact) mass is 225 g/mol. The van der Waals surface area contributed by atoms with E-state index in [0.29, 0.717) is 4.91 Å². The molecule has 3 nitrogen and oxygen atoms in total. The van der Waals surface area contributed by atoms with Crippen LogP contribution in [0.1, 0.15) is 20.3 Å². The molecule has 2 aliphatic rings. The van der Waals surface area contributed by atoms with Crippen LogP contribution < -0.4 is 0 Å². The van der Waals surface area contributed by atoms with Crippen molar-refractivity contribution in [2.45, 2.75) is 20.3 Å². The minimum atomic E-state index is -3.27. The molecule has 2 rings (SSSR count). The second-order valence-corrected chi connectivity index (χ2v) is 6.66. The SMILES string of the molecule is CN1C=CC2=CC(C)(C)CC=C2S1(=O)=O. The molecular formula is C11H15NO2S. The lowest BCUT2D eigenvalue weighted by Gasteiger charge is -2.30. The van der Waals surface area contributed by atoms with Crippen molar-refractivity contribution in [3.05, 3.63) is 34.9 Å². The standard InChI is InChI=1S/C11H15NO2S/c1-11(2)6-4-10-9(8-11)5-7-12(3)15(10,13)14/h4-5,7-8H,6H2,1-3H3. The number of allylic oxidation sites excluding steroid dienone is 4. The van der Waals surface area contributed by atoms with Crippen molar-refractivity contribution >= 4 is 10.0 Å². The third-order valence-electron chi connectivity index (χ3n) is 2.77. The summed E-state index contributed by atoms with van der Waals surface area (Å²) < 4.78 is 25.1. The first-order valence-electron chi connectivity index (χ1n) is 4.93. The summed E-state index contributed by atoms with van der Waals surface area (Å²) in [6, 6.07) is 0. The van der Waals surface area contributed by atoms with Crippen molar-refractivity contribution < 1.29 is 8.42 Å². The third kappa shape index (κ3) is 1.63. The first kappa shape index (κ1) is 10.5. The first-order valence-corrected chi connectivity index (χ1v) is 6.37. The van der Waals surface area contributed by atoms with Crippen LogP contribution in [-0.4, -0.2) is 19.8 Å². The van der Waals surface area contributed by atoms with Crippen LogP contribution in [-0.2, 0) is 10.0 Å². The highest BCUT2D eigenvalue weighted by Crippen LogP contribution is 2.37. The van der Waals surface area contributed by atoms with E-state index in [1.54, 1.807) is 13.2 Å². The van der Waals surface area contributed by atoms with E-state index < -0.39 is 10.0 Å². The van der Waals surface area contributed by atoms with E-state index >= 15 is 0 Å². The number of hydrogen-bond acceptors (Lipinski definition) is 2. The van der Waals surface area contributed by atoms with Gasteiger partial charge in [-0.25, -0.2) is 8.42 Å². The van der Waals surface area contributed by atoms with E-state index in [0.717, 1.165) is 12.0 Å². The molecule has 0 amide bonds. The van der Waals surface area contributed by atoms with Crippen LogP contribution in [0.4, 0.5) is 0 Å². The molecule has 0 aromatic carbocycles. The first-order chi connectivity index (χ1) is 6.83. The molecule has 0 radical (unpaired) electrons. The van der Waals surface area contributed by atoms with Crippen LogP contribution >= 0.6 is 0 Å². The van der Waals surface area contributed by atoms with Gasteiger partial charge in [-0.15, -0.1) is 0 Å². The van der Waals surface area contributed by atoms with Gasteiger partial charge in [-0.2, -0.15) is 0 Å². The Balaban J connectivity index is 2.58. The lowest BCUT2D eigenvalue weighted by Crippen LogP contribution is -2.29. The summed E-state index contributed by atoms with van der Waals surface area (Å²) in [5.74, 6) is 0. The Morgan fingerprint density at radius 2 is 2.07 bits per heavy atom. The van der Waals surface area contributed by atoms with Gasteiger partial charge in [-0.1, -0.05) is 26.0 Å². The van der Waals surface area contributed by atoms with Gasteiger partial charge in [-0.3, -0.25) is 4.31 Å². The van der Waals surface area contributed by atoms with Gasteiger partial charge in [0, 0.05) is 13.2 Å². The molecule has 0 N–H and O–H groups in total. The highest BCUT2D eigenvalue weighted by atomic mass is 32.2. The maximum atomic E-state index is 11.9. The normalized spacial score (nSPS) is 26.7. The molecule has 0 saturated heterocycles. The van der Waals surface area contributed by atoms with E-state index in [9.17, 15) is 8.42 Å². The maximum Gasteiger partial charge on any atom is 0.263 e. The second-order valence-electron chi connectivity index (χ2n) is 4.70. The van der Waals surface area contributed by atoms with Gasteiger partial charge in [0.1, 0.15) is 0 Å². The number of rotatable bonds is 0. The van der Waals surface area contributed by atoms with Gasteiger partial charge < -0.3 is 0 Å². The minimum Gasteiger partial charge on any atom is -0.276 e. The van der Waals surface area contributed by atoms with Crippen molar-refractivity contribution in [3.63, 3.8) is 0 Å². The van der Waals surface area contributed by atoms with Crippen molar-refractivity contribution in [2.24, 2.45) is 5.41 Å². The molecule has 1 heterocycles. The Bertz CT molecular complexity index is 481. The van der Waals surface area contributed by atoms with E-state index in [4.69, 9.17) is 0 Å². The van der Waals surface area contributed by atoms with Crippen molar-refractivity contribution in [2.75, 3.05) is 7.05 Å². The Morgan fingerprint density at radius 1 is 1.40 bits per heavy atom. The van der Waals surface area contributed by atoms with E-state index in [-0.39, 0.29) is 5.41 Å². The number of hydrogen-bond donors (Lipinski definition) is 0. The highest BCUT2D eigenvalue weighted by molar-refractivity contribution is 7.93. The average Bonchev–Trinajstić information content (AvgIpc) is 2.10. The highest BCUT2D eigenvalue weighted by Gasteiger charge is 2.32. The summed E-state index contributed by atoms with van der Waals surface area (Å²) in [6.45, 7) is 4.21. The predicted molar refractivity (Wildman–Crippen MR) is 60.4 cm³/mol. The Morgan fingerprint density at radius 3 is 2.73 bits per heavy atom. The Labute approximate surface area is 90.8 Å². The average molecular weight is 225 g/mol. The van der Waals surface area contributed by atoms with Crippen LogP contribution in [0.15, 0.2) is 34.9 Å². The zero-order chi connectivity index (χ0) is 11.3. The van der Waals surface area contributed by atoms with Gasteiger partial charge in [0.05, 0.1) is 4.91 Å². The fraction of sp³-hybridized carbons (Fsp3) is 0.455. The smallest absolute Gasteiger partial charge is 0.263 e. The number of nitrogens with zero attached hydrogens (tertiary/aromatic N) is 1. The third-order valence-corrected chi connectivity index (χ3v) is 4.60. The summed E-state index contributed by atoms with van der Waals surface area (Å²) in [4.78, 5) is 0.451. The lowest BCUT2D eigenvalue weighted by molar-refractivity contribution is 0.477. The summed E-state index contributed by atoms with van der Waals surface area (Å²) >= 11 is 0. The van der Waals surface area contributed by atoms with Crippen molar-refractivity contribution in [1.29, 1.82) is 0 Å². The molecule has 0 atom stereocenters. The van der Waals surface area contributed by atoms with Crippen LogP contribution in [0.3, 0.4) is 0 Å². The van der Waals surface area contributed by atoms with E-state index in [2.05, 4.69) is 13.8 Å². The molecule has 1 aliphatic heterocycles. The maximum absolute atomic E-state index is 11.9. The number of fused-ring (bicyclic) bond motifs is 1. The molecule has 82 valence electrons. The van der Waals surface area contributed by atoms with Crippen LogP contribution in [0.2, 0.25) is 0 Å². The molecular weight excluding hydrogens is 210 g/mol. The molecule has 0 aromatic heterocycles. The molecule has 0 unspecified atom stereocenters. The predicted octanol–water partition coefficient (Wildman–Crippen LogP) is 2.02. The van der Waals surface area contributed by atoms with Crippen LogP contribution in [0.25, 0.3) is 0 Å². The van der Waals surface area contributed by atoms with Gasteiger partial charge >= 0.3 is 0 Å². The van der Waals surface area contributed by atoms with E-state index in [1.165, 1.54) is 4.31 Å². The fourth-order valence-electron chi connectivity index (χ4n) is 1.83. The quantitative estimate of drug-likeness (QED) is 0.632. The summed E-state index contributed by atoms with van der Waals surface area (Å²) in [5, 5.41) is 0. The summed E-state index contributed by atoms with van der Waals surface area (Å²) in [7, 11) is -1.71. The summed E-state index contributed by atoms with van der Waals surface area (Å²) in [6.07, 6.45) is 8.08. The number of sulfonamides is 1. The molecule has 1 aliphatic carbocycles. The van der Waals surface area contributed by atoms with Gasteiger partial charge in [0.25, 0.3) is 10.0 Å². The van der Waals surface area contributed by atoms with Crippen molar-refractivity contribution in [3.8, 4) is 0 Å². The molecule has 15 heavy (non-hydrogen) atoms. The van der Waals surface area contributed by atoms with Crippen molar-refractivity contribution in [1.82, 2.24) is 4.31 Å². The van der Waals surface area contributed by atoms with Gasteiger partial charge in [0.2, 0.25) is 0 Å². The fourth-order valence-corrected chi connectivity index (χ4v) is 3.08. The minimum absolute atomic E-state index is 0.0502. The molecule has 0 bridgehead atoms. The van der Waals surface area contributed by atoms with Gasteiger partial charge in [0.15, 0.2) is 0 Å².